The Morgan fingerprint density at radius 2 is 2.16 bits per heavy atom. The molecule has 0 atom stereocenters. The molecule has 19 heavy (non-hydrogen) atoms. The molecule has 0 aliphatic heterocycles. The predicted molar refractivity (Wildman–Crippen MR) is 63.2 cm³/mol. The monoisotopic (exact) mass is 266 g/mol. The Hall–Kier alpha value is -2.35. The summed E-state index contributed by atoms with van der Waals surface area (Å²) in [5, 5.41) is 27.9. The molecule has 0 amide bonds. The number of nitro groups is 1. The van der Waals surface area contributed by atoms with Crippen LogP contribution in [0.3, 0.4) is 0 Å². The summed E-state index contributed by atoms with van der Waals surface area (Å²) in [5.41, 5.74) is -1.22. The van der Waals surface area contributed by atoms with Crippen LogP contribution in [0.2, 0.25) is 0 Å². The van der Waals surface area contributed by atoms with E-state index in [1.807, 2.05) is 0 Å². The Morgan fingerprint density at radius 3 is 2.68 bits per heavy atom. The first-order valence-corrected chi connectivity index (χ1v) is 5.38. The molecule has 0 spiro atoms. The van der Waals surface area contributed by atoms with Crippen LogP contribution in [-0.4, -0.2) is 25.0 Å². The smallest absolute Gasteiger partial charge is 0.306 e. The van der Waals surface area contributed by atoms with Crippen LogP contribution in [0.5, 0.6) is 0 Å². The fourth-order valence-electron chi connectivity index (χ4n) is 1.45. The molecule has 0 bridgehead atoms. The van der Waals surface area contributed by atoms with E-state index in [2.05, 4.69) is 10.3 Å². The normalized spacial score (nSPS) is 11.6. The third kappa shape index (κ3) is 2.58. The third-order valence-corrected chi connectivity index (χ3v) is 2.51. The Kier molecular flexibility index (Phi) is 3.03. The summed E-state index contributed by atoms with van der Waals surface area (Å²) in [6.07, 6.45) is 1.43. The van der Waals surface area contributed by atoms with Crippen LogP contribution in [0.4, 0.5) is 10.1 Å². The molecule has 100 valence electrons. The molecule has 0 unspecified atom stereocenters. The maximum atomic E-state index is 13.2. The summed E-state index contributed by atoms with van der Waals surface area (Å²) in [6.45, 7) is 3.07. The van der Waals surface area contributed by atoms with Crippen molar-refractivity contribution in [1.29, 1.82) is 0 Å². The minimum Gasteiger partial charge on any atom is -0.384 e. The van der Waals surface area contributed by atoms with Gasteiger partial charge in [0, 0.05) is 6.07 Å². The topological polar surface area (TPSA) is 94.1 Å². The zero-order valence-corrected chi connectivity index (χ0v) is 10.2. The van der Waals surface area contributed by atoms with Crippen LogP contribution in [0, 0.1) is 15.9 Å². The second-order valence-electron chi connectivity index (χ2n) is 4.50. The van der Waals surface area contributed by atoms with Gasteiger partial charge in [0.2, 0.25) is 5.82 Å². The van der Waals surface area contributed by atoms with Crippen molar-refractivity contribution in [2.75, 3.05) is 0 Å². The summed E-state index contributed by atoms with van der Waals surface area (Å²) in [6, 6.07) is 3.38. The van der Waals surface area contributed by atoms with E-state index in [1.54, 1.807) is 0 Å². The summed E-state index contributed by atoms with van der Waals surface area (Å²) < 4.78 is 14.4. The number of rotatable bonds is 3. The summed E-state index contributed by atoms with van der Waals surface area (Å²) in [7, 11) is 0. The Bertz CT molecular complexity index is 633. The number of aromatic nitrogens is 3. The van der Waals surface area contributed by atoms with Gasteiger partial charge in [-0.2, -0.15) is 4.39 Å². The quantitative estimate of drug-likeness (QED) is 0.671. The minimum absolute atomic E-state index is 0.288. The van der Waals surface area contributed by atoms with Crippen LogP contribution >= 0.6 is 0 Å². The highest BCUT2D eigenvalue weighted by atomic mass is 19.1. The zero-order chi connectivity index (χ0) is 14.2. The second kappa shape index (κ2) is 4.39. The van der Waals surface area contributed by atoms with Gasteiger partial charge in [-0.05, 0) is 26.0 Å². The van der Waals surface area contributed by atoms with E-state index in [-0.39, 0.29) is 5.69 Å². The standard InChI is InChI=1S/C11H11FN4O3/c1-11(2,17)10-6-15(14-13-10)7-3-4-8(12)9(5-7)16(18)19/h3-6,17H,1-2H3. The van der Waals surface area contributed by atoms with Gasteiger partial charge < -0.3 is 5.11 Å². The van der Waals surface area contributed by atoms with E-state index in [0.717, 1.165) is 12.1 Å². The molecular formula is C11H11FN4O3. The lowest BCUT2D eigenvalue weighted by Gasteiger charge is -2.11. The van der Waals surface area contributed by atoms with Crippen LogP contribution < -0.4 is 0 Å². The van der Waals surface area contributed by atoms with Gasteiger partial charge in [-0.1, -0.05) is 5.21 Å². The van der Waals surface area contributed by atoms with E-state index in [4.69, 9.17) is 0 Å². The van der Waals surface area contributed by atoms with Gasteiger partial charge in [-0.3, -0.25) is 10.1 Å². The lowest BCUT2D eigenvalue weighted by Crippen LogP contribution is -2.15. The van der Waals surface area contributed by atoms with Crippen molar-refractivity contribution >= 4 is 5.69 Å². The van der Waals surface area contributed by atoms with Crippen molar-refractivity contribution in [1.82, 2.24) is 15.0 Å². The number of aliphatic hydroxyl groups is 1. The van der Waals surface area contributed by atoms with Crippen LogP contribution in [0.15, 0.2) is 24.4 Å². The van der Waals surface area contributed by atoms with Gasteiger partial charge in [-0.25, -0.2) is 4.68 Å². The molecule has 0 radical (unpaired) electrons. The average molecular weight is 266 g/mol. The van der Waals surface area contributed by atoms with Crippen LogP contribution in [-0.2, 0) is 5.60 Å². The molecule has 0 fully saturated rings. The zero-order valence-electron chi connectivity index (χ0n) is 10.2. The molecule has 2 aromatic rings. The highest BCUT2D eigenvalue weighted by Crippen LogP contribution is 2.22. The SMILES string of the molecule is CC(C)(O)c1cn(-c2ccc(F)c([N+](=O)[O-])c2)nn1. The van der Waals surface area contributed by atoms with E-state index in [1.165, 1.54) is 30.8 Å². The number of nitro benzene ring substituents is 1. The highest BCUT2D eigenvalue weighted by molar-refractivity contribution is 5.43. The molecule has 0 aliphatic carbocycles. The van der Waals surface area contributed by atoms with Crippen molar-refractivity contribution < 1.29 is 14.4 Å². The minimum atomic E-state index is -1.18. The molecule has 0 aliphatic rings. The molecule has 1 aromatic heterocycles. The van der Waals surface area contributed by atoms with E-state index >= 15 is 0 Å². The van der Waals surface area contributed by atoms with Gasteiger partial charge in [0.1, 0.15) is 11.3 Å². The van der Waals surface area contributed by atoms with E-state index in [9.17, 15) is 19.6 Å². The maximum Gasteiger partial charge on any atom is 0.306 e. The molecule has 7 nitrogen and oxygen atoms in total. The van der Waals surface area contributed by atoms with Gasteiger partial charge in [-0.15, -0.1) is 5.10 Å². The highest BCUT2D eigenvalue weighted by Gasteiger charge is 2.21. The second-order valence-corrected chi connectivity index (χ2v) is 4.50. The largest absolute Gasteiger partial charge is 0.384 e. The van der Waals surface area contributed by atoms with E-state index < -0.39 is 22.0 Å². The van der Waals surface area contributed by atoms with Crippen LogP contribution in [0.1, 0.15) is 19.5 Å². The fourth-order valence-corrected chi connectivity index (χ4v) is 1.45. The van der Waals surface area contributed by atoms with Gasteiger partial charge in [0.25, 0.3) is 0 Å². The van der Waals surface area contributed by atoms with Gasteiger partial charge in [0.15, 0.2) is 0 Å². The first-order chi connectivity index (χ1) is 8.79. The molecule has 1 N–H and O–H groups in total. The molecule has 1 heterocycles. The lowest BCUT2D eigenvalue weighted by molar-refractivity contribution is -0.387. The molecule has 8 heteroatoms. The van der Waals surface area contributed by atoms with Crippen molar-refractivity contribution in [3.05, 3.63) is 46.0 Å². The lowest BCUT2D eigenvalue weighted by atomic mass is 10.1. The Morgan fingerprint density at radius 1 is 1.47 bits per heavy atom. The van der Waals surface area contributed by atoms with Crippen molar-refractivity contribution in [3.63, 3.8) is 0 Å². The third-order valence-electron chi connectivity index (χ3n) is 2.51. The fraction of sp³-hybridized carbons (Fsp3) is 0.273. The summed E-state index contributed by atoms with van der Waals surface area (Å²) >= 11 is 0. The number of hydrogen-bond acceptors (Lipinski definition) is 5. The molecule has 0 saturated carbocycles. The average Bonchev–Trinajstić information content (AvgIpc) is 2.78. The van der Waals surface area contributed by atoms with Crippen molar-refractivity contribution in [2.45, 2.75) is 19.4 Å². The molecule has 1 aromatic carbocycles. The molecular weight excluding hydrogens is 255 g/mol. The van der Waals surface area contributed by atoms with Gasteiger partial charge >= 0.3 is 5.69 Å². The molecule has 2 rings (SSSR count). The number of halogens is 1. The van der Waals surface area contributed by atoms with Crippen molar-refractivity contribution in [3.8, 4) is 5.69 Å². The summed E-state index contributed by atoms with van der Waals surface area (Å²) in [5.74, 6) is -0.920. The first kappa shape index (κ1) is 13.1. The number of hydrogen-bond donors (Lipinski definition) is 1. The van der Waals surface area contributed by atoms with Crippen molar-refractivity contribution in [2.24, 2.45) is 0 Å². The first-order valence-electron chi connectivity index (χ1n) is 5.38. The maximum absolute atomic E-state index is 13.2. The predicted octanol–water partition coefficient (Wildman–Crippen LogP) is 1.54. The Balaban J connectivity index is 2.45. The van der Waals surface area contributed by atoms with Crippen LogP contribution in [0.25, 0.3) is 5.69 Å². The van der Waals surface area contributed by atoms with E-state index in [0.29, 0.717) is 5.69 Å². The number of benzene rings is 1. The van der Waals surface area contributed by atoms with Gasteiger partial charge in [0.05, 0.1) is 16.8 Å². The molecule has 0 saturated heterocycles. The Labute approximate surface area is 107 Å². The number of nitrogens with zero attached hydrogens (tertiary/aromatic N) is 4. The summed E-state index contributed by atoms with van der Waals surface area (Å²) in [4.78, 5) is 9.84.